The van der Waals surface area contributed by atoms with Gasteiger partial charge in [-0.25, -0.2) is 4.79 Å². The summed E-state index contributed by atoms with van der Waals surface area (Å²) in [5.74, 6) is -0.843. The molecule has 0 aromatic heterocycles. The number of ether oxygens (including phenoxy) is 1. The average Bonchev–Trinajstić information content (AvgIpc) is 3.00. The van der Waals surface area contributed by atoms with Crippen LogP contribution in [0.3, 0.4) is 0 Å². The van der Waals surface area contributed by atoms with Gasteiger partial charge in [-0.2, -0.15) is 0 Å². The van der Waals surface area contributed by atoms with Crippen molar-refractivity contribution >= 4 is 29.5 Å². The van der Waals surface area contributed by atoms with Crippen LogP contribution in [0.25, 0.3) is 0 Å². The van der Waals surface area contributed by atoms with Crippen LogP contribution in [0.15, 0.2) is 48.5 Å². The normalized spacial score (nSPS) is 29.6. The molecule has 2 aromatic carbocycles. The molecule has 1 saturated heterocycles. The maximum atomic E-state index is 13.6. The zero-order valence-electron chi connectivity index (χ0n) is 20.4. The number of nitrogens with one attached hydrogen (secondary N) is 2. The van der Waals surface area contributed by atoms with Crippen molar-refractivity contribution in [2.24, 2.45) is 0 Å². The zero-order chi connectivity index (χ0) is 25.3. The maximum absolute atomic E-state index is 13.6. The van der Waals surface area contributed by atoms with Crippen LogP contribution in [0.5, 0.6) is 0 Å². The summed E-state index contributed by atoms with van der Waals surface area (Å²) in [5.41, 5.74) is 2.61. The number of rotatable bonds is 5. The molecule has 0 spiro atoms. The molecule has 4 fully saturated rings. The third-order valence-corrected chi connectivity index (χ3v) is 8.38. The second-order valence-corrected chi connectivity index (χ2v) is 11.2. The lowest BCUT2D eigenvalue weighted by atomic mass is 9.37. The van der Waals surface area contributed by atoms with E-state index in [9.17, 15) is 19.2 Å². The van der Waals surface area contributed by atoms with Crippen molar-refractivity contribution in [1.29, 1.82) is 0 Å². The van der Waals surface area contributed by atoms with E-state index in [4.69, 9.17) is 4.74 Å². The highest BCUT2D eigenvalue weighted by Crippen LogP contribution is 2.69. The number of fused-ring (bicyclic) bond motifs is 1. The molecule has 7 rings (SSSR count). The highest BCUT2D eigenvalue weighted by molar-refractivity contribution is 6.14. The van der Waals surface area contributed by atoms with Crippen LogP contribution < -0.4 is 15.5 Å². The Morgan fingerprint density at radius 3 is 2.47 bits per heavy atom. The highest BCUT2D eigenvalue weighted by atomic mass is 16.5. The largest absolute Gasteiger partial charge is 0.445 e. The molecule has 1 unspecified atom stereocenters. The summed E-state index contributed by atoms with van der Waals surface area (Å²) in [4.78, 5) is 51.9. The first-order chi connectivity index (χ1) is 17.1. The van der Waals surface area contributed by atoms with Crippen LogP contribution in [0, 0.1) is 0 Å². The molecule has 4 amide bonds. The van der Waals surface area contributed by atoms with Crippen molar-refractivity contribution in [2.45, 2.75) is 75.0 Å². The van der Waals surface area contributed by atoms with Gasteiger partial charge in [-0.15, -0.1) is 0 Å². The lowest BCUT2D eigenvalue weighted by molar-refractivity contribution is -0.136. The van der Waals surface area contributed by atoms with Gasteiger partial charge in [0.25, 0.3) is 0 Å². The first-order valence-electron chi connectivity index (χ1n) is 12.4. The van der Waals surface area contributed by atoms with Crippen molar-refractivity contribution in [3.63, 3.8) is 0 Å². The van der Waals surface area contributed by atoms with E-state index < -0.39 is 23.5 Å². The Hall–Kier alpha value is -3.68. The number of amides is 4. The molecule has 186 valence electrons. The van der Waals surface area contributed by atoms with Gasteiger partial charge in [-0.3, -0.25) is 24.6 Å². The number of anilines is 1. The summed E-state index contributed by atoms with van der Waals surface area (Å²) in [6.45, 7) is 4.04. The Morgan fingerprint density at radius 2 is 1.78 bits per heavy atom. The number of imide groups is 1. The van der Waals surface area contributed by atoms with Gasteiger partial charge in [0.05, 0.1) is 5.41 Å². The van der Waals surface area contributed by atoms with Crippen LogP contribution in [0.2, 0.25) is 0 Å². The minimum Gasteiger partial charge on any atom is -0.445 e. The van der Waals surface area contributed by atoms with Gasteiger partial charge >= 0.3 is 6.09 Å². The van der Waals surface area contributed by atoms with Gasteiger partial charge in [-0.1, -0.05) is 42.5 Å². The summed E-state index contributed by atoms with van der Waals surface area (Å²) in [6, 6.07) is 14.8. The van der Waals surface area contributed by atoms with E-state index in [1.165, 1.54) is 0 Å². The van der Waals surface area contributed by atoms with Gasteiger partial charge in [0.1, 0.15) is 12.6 Å². The molecule has 2 bridgehead atoms. The first-order valence-corrected chi connectivity index (χ1v) is 12.4. The summed E-state index contributed by atoms with van der Waals surface area (Å²) >= 11 is 0. The lowest BCUT2D eigenvalue weighted by Gasteiger charge is -2.71. The minimum atomic E-state index is -0.793. The van der Waals surface area contributed by atoms with E-state index in [1.807, 2.05) is 56.3 Å². The van der Waals surface area contributed by atoms with E-state index >= 15 is 0 Å². The van der Waals surface area contributed by atoms with Crippen molar-refractivity contribution in [3.05, 3.63) is 65.2 Å². The number of hydrogen-bond acceptors (Lipinski definition) is 5. The number of piperidine rings is 1. The number of hydrogen-bond donors (Lipinski definition) is 2. The molecule has 1 atom stereocenters. The molecule has 8 heteroatoms. The lowest BCUT2D eigenvalue weighted by Crippen LogP contribution is -2.77. The SMILES string of the molecule is CC1(C)C(=O)N(C2CCC(=O)NC2=O)c2cccc(C34CC(NC(=O)OCc5ccccc5)(C3)C4)c21. The van der Waals surface area contributed by atoms with Gasteiger partial charge in [0, 0.05) is 23.1 Å². The number of carbonyl (C=O) groups excluding carboxylic acids is 4. The number of nitrogens with zero attached hydrogens (tertiary/aromatic N) is 1. The third kappa shape index (κ3) is 3.27. The molecular formula is C28H29N3O5. The summed E-state index contributed by atoms with van der Waals surface area (Å²) in [7, 11) is 0. The van der Waals surface area contributed by atoms with Crippen LogP contribution in [-0.4, -0.2) is 35.4 Å². The number of alkyl carbamates (subject to hydrolysis) is 1. The minimum absolute atomic E-state index is 0.101. The molecule has 2 N–H and O–H groups in total. The summed E-state index contributed by atoms with van der Waals surface area (Å²) < 4.78 is 5.42. The topological polar surface area (TPSA) is 105 Å². The summed E-state index contributed by atoms with van der Waals surface area (Å²) in [6.07, 6.45) is 2.50. The Kier molecular flexibility index (Phi) is 4.84. The van der Waals surface area contributed by atoms with Crippen molar-refractivity contribution in [1.82, 2.24) is 10.6 Å². The smallest absolute Gasteiger partial charge is 0.407 e. The van der Waals surface area contributed by atoms with E-state index in [2.05, 4.69) is 16.7 Å². The van der Waals surface area contributed by atoms with E-state index in [0.717, 1.165) is 41.6 Å². The third-order valence-electron chi connectivity index (χ3n) is 8.38. The standard InChI is InChI=1S/C28H29N3O5/c1-26(2)22-18(9-6-10-19(22)31(24(26)34)20-11-12-21(32)29-23(20)33)27-14-28(15-27,16-27)30-25(35)36-13-17-7-4-3-5-8-17/h3-10,20H,11-16H2,1-2H3,(H,30,35)(H,29,32,33). The monoisotopic (exact) mass is 487 g/mol. The number of benzene rings is 2. The van der Waals surface area contributed by atoms with Crippen molar-refractivity contribution in [3.8, 4) is 0 Å². The predicted octanol–water partition coefficient (Wildman–Crippen LogP) is 3.22. The fourth-order valence-electron chi connectivity index (χ4n) is 6.78. The quantitative estimate of drug-likeness (QED) is 0.630. The molecule has 3 saturated carbocycles. The van der Waals surface area contributed by atoms with Crippen LogP contribution >= 0.6 is 0 Å². The fraction of sp³-hybridized carbons (Fsp3) is 0.429. The Balaban J connectivity index is 1.20. The number of carbonyl (C=O) groups is 4. The van der Waals surface area contributed by atoms with Gasteiger partial charge in [0.15, 0.2) is 0 Å². The predicted molar refractivity (Wildman–Crippen MR) is 131 cm³/mol. The maximum Gasteiger partial charge on any atom is 0.407 e. The summed E-state index contributed by atoms with van der Waals surface area (Å²) in [5, 5.41) is 5.45. The van der Waals surface area contributed by atoms with Gasteiger partial charge in [-0.05, 0) is 62.3 Å². The van der Waals surface area contributed by atoms with Crippen LogP contribution in [0.4, 0.5) is 10.5 Å². The van der Waals surface area contributed by atoms with Crippen LogP contribution in [0.1, 0.15) is 62.6 Å². The van der Waals surface area contributed by atoms with E-state index in [0.29, 0.717) is 6.42 Å². The van der Waals surface area contributed by atoms with Crippen LogP contribution in [-0.2, 0) is 36.6 Å². The molecule has 36 heavy (non-hydrogen) atoms. The highest BCUT2D eigenvalue weighted by Gasteiger charge is 2.70. The molecule has 8 nitrogen and oxygen atoms in total. The van der Waals surface area contributed by atoms with E-state index in [-0.39, 0.29) is 35.8 Å². The van der Waals surface area contributed by atoms with E-state index in [1.54, 1.807) is 4.90 Å². The molecule has 2 aliphatic heterocycles. The molecule has 2 heterocycles. The second kappa shape index (κ2) is 7.66. The fourth-order valence-corrected chi connectivity index (χ4v) is 6.78. The van der Waals surface area contributed by atoms with Gasteiger partial charge in [0.2, 0.25) is 17.7 Å². The Morgan fingerprint density at radius 1 is 1.06 bits per heavy atom. The molecular weight excluding hydrogens is 458 g/mol. The van der Waals surface area contributed by atoms with Gasteiger partial charge < -0.3 is 10.1 Å². The van der Waals surface area contributed by atoms with Crippen molar-refractivity contribution in [2.75, 3.05) is 4.90 Å². The molecule has 0 radical (unpaired) electrons. The molecule has 3 aliphatic carbocycles. The molecule has 5 aliphatic rings. The van der Waals surface area contributed by atoms with Crippen molar-refractivity contribution < 1.29 is 23.9 Å². The Labute approximate surface area is 209 Å². The first kappa shape index (κ1) is 22.8. The second-order valence-electron chi connectivity index (χ2n) is 11.2. The zero-order valence-corrected chi connectivity index (χ0v) is 20.4. The average molecular weight is 488 g/mol. The molecule has 2 aromatic rings. The Bertz CT molecular complexity index is 1280.